The van der Waals surface area contributed by atoms with Crippen molar-refractivity contribution in [2.75, 3.05) is 0 Å². The maximum Gasteiger partial charge on any atom is 0.420 e. The number of halogens is 3. The van der Waals surface area contributed by atoms with Crippen LogP contribution < -0.4 is 0 Å². The minimum atomic E-state index is -4.76. The first kappa shape index (κ1) is 11.1. The second-order valence-corrected chi connectivity index (χ2v) is 3.92. The van der Waals surface area contributed by atoms with E-state index in [0.717, 1.165) is 6.07 Å². The van der Waals surface area contributed by atoms with Gasteiger partial charge >= 0.3 is 6.18 Å². The predicted molar refractivity (Wildman–Crippen MR) is 47.9 cm³/mol. The van der Waals surface area contributed by atoms with Crippen LogP contribution in [0.1, 0.15) is 24.0 Å². The van der Waals surface area contributed by atoms with Crippen molar-refractivity contribution in [2.24, 2.45) is 0 Å². The standard InChI is InChI=1S/C10H9F3O3/c11-10(12,13)7-4-5(14)3-6(8(7)15)9(16)1-2-9/h3-4,14-16H,1-2H2. The fraction of sp³-hybridized carbons (Fsp3) is 0.400. The Bertz CT molecular complexity index is 409. The van der Waals surface area contributed by atoms with E-state index in [1.54, 1.807) is 0 Å². The van der Waals surface area contributed by atoms with Crippen LogP contribution in [0.5, 0.6) is 11.5 Å². The third-order valence-corrected chi connectivity index (χ3v) is 2.63. The van der Waals surface area contributed by atoms with E-state index in [2.05, 4.69) is 0 Å². The molecule has 1 aromatic carbocycles. The fourth-order valence-corrected chi connectivity index (χ4v) is 1.58. The van der Waals surface area contributed by atoms with E-state index >= 15 is 0 Å². The maximum atomic E-state index is 12.5. The van der Waals surface area contributed by atoms with Crippen LogP contribution in [-0.2, 0) is 11.8 Å². The predicted octanol–water partition coefficient (Wildman–Crippen LogP) is 2.10. The van der Waals surface area contributed by atoms with E-state index < -0.39 is 28.8 Å². The number of aromatic hydroxyl groups is 2. The quantitative estimate of drug-likeness (QED) is 0.652. The number of phenolic OH excluding ortho intramolecular Hbond substituents is 2. The van der Waals surface area contributed by atoms with Gasteiger partial charge in [-0.1, -0.05) is 0 Å². The van der Waals surface area contributed by atoms with Gasteiger partial charge in [0.15, 0.2) is 0 Å². The van der Waals surface area contributed by atoms with E-state index in [4.69, 9.17) is 5.11 Å². The summed E-state index contributed by atoms with van der Waals surface area (Å²) in [6, 6.07) is 1.39. The second kappa shape index (κ2) is 3.04. The summed E-state index contributed by atoms with van der Waals surface area (Å²) in [5.74, 6) is -1.63. The molecule has 0 aromatic heterocycles. The Labute approximate surface area is 88.8 Å². The highest BCUT2D eigenvalue weighted by molar-refractivity contribution is 5.51. The van der Waals surface area contributed by atoms with Gasteiger partial charge in [-0.3, -0.25) is 0 Å². The number of phenols is 2. The molecule has 0 heterocycles. The molecule has 0 atom stereocenters. The number of hydrogen-bond donors (Lipinski definition) is 3. The van der Waals surface area contributed by atoms with Gasteiger partial charge in [-0.05, 0) is 25.0 Å². The van der Waals surface area contributed by atoms with Crippen molar-refractivity contribution >= 4 is 0 Å². The number of rotatable bonds is 1. The first-order chi connectivity index (χ1) is 7.24. The van der Waals surface area contributed by atoms with Gasteiger partial charge in [0.25, 0.3) is 0 Å². The highest BCUT2D eigenvalue weighted by Crippen LogP contribution is 2.52. The van der Waals surface area contributed by atoms with Gasteiger partial charge in [-0.15, -0.1) is 0 Å². The number of hydrogen-bond acceptors (Lipinski definition) is 3. The van der Waals surface area contributed by atoms with Crippen LogP contribution >= 0.6 is 0 Å². The largest absolute Gasteiger partial charge is 0.508 e. The van der Waals surface area contributed by atoms with Crippen molar-refractivity contribution in [2.45, 2.75) is 24.6 Å². The first-order valence-electron chi connectivity index (χ1n) is 4.60. The number of alkyl halides is 3. The van der Waals surface area contributed by atoms with E-state index in [1.807, 2.05) is 0 Å². The lowest BCUT2D eigenvalue weighted by atomic mass is 10.0. The highest BCUT2D eigenvalue weighted by atomic mass is 19.4. The van der Waals surface area contributed by atoms with E-state index in [1.165, 1.54) is 0 Å². The molecule has 1 saturated carbocycles. The van der Waals surface area contributed by atoms with Crippen molar-refractivity contribution in [1.29, 1.82) is 0 Å². The molecule has 0 unspecified atom stereocenters. The summed E-state index contributed by atoms with van der Waals surface area (Å²) in [5.41, 5.74) is -3.02. The average Bonchev–Trinajstić information content (AvgIpc) is 2.86. The molecule has 2 rings (SSSR count). The van der Waals surface area contributed by atoms with Crippen LogP contribution in [0.2, 0.25) is 0 Å². The molecule has 16 heavy (non-hydrogen) atoms. The average molecular weight is 234 g/mol. The molecule has 0 bridgehead atoms. The van der Waals surface area contributed by atoms with E-state index in [-0.39, 0.29) is 18.4 Å². The molecule has 88 valence electrons. The van der Waals surface area contributed by atoms with Crippen molar-refractivity contribution in [3.63, 3.8) is 0 Å². The van der Waals surface area contributed by atoms with Gasteiger partial charge in [0.05, 0.1) is 5.60 Å². The minimum absolute atomic E-state index is 0.264. The third kappa shape index (κ3) is 1.69. The Balaban J connectivity index is 2.60. The molecule has 0 radical (unpaired) electrons. The summed E-state index contributed by atoms with van der Waals surface area (Å²) in [5, 5.41) is 28.2. The van der Waals surface area contributed by atoms with Crippen molar-refractivity contribution < 1.29 is 28.5 Å². The van der Waals surface area contributed by atoms with Gasteiger partial charge in [-0.2, -0.15) is 13.2 Å². The minimum Gasteiger partial charge on any atom is -0.508 e. The van der Waals surface area contributed by atoms with Crippen molar-refractivity contribution in [3.8, 4) is 11.5 Å². The Morgan fingerprint density at radius 1 is 1.12 bits per heavy atom. The lowest BCUT2D eigenvalue weighted by Gasteiger charge is -2.16. The number of benzene rings is 1. The van der Waals surface area contributed by atoms with Crippen LogP contribution in [0.3, 0.4) is 0 Å². The second-order valence-electron chi connectivity index (χ2n) is 3.92. The zero-order valence-corrected chi connectivity index (χ0v) is 8.04. The molecule has 0 amide bonds. The van der Waals surface area contributed by atoms with Gasteiger partial charge in [0, 0.05) is 5.56 Å². The summed E-state index contributed by atoms with van der Waals surface area (Å²) < 4.78 is 37.4. The SMILES string of the molecule is Oc1cc(C(F)(F)F)c(O)c(C2(O)CC2)c1. The van der Waals surface area contributed by atoms with Crippen molar-refractivity contribution in [1.82, 2.24) is 0 Å². The van der Waals surface area contributed by atoms with Crippen LogP contribution in [0.15, 0.2) is 12.1 Å². The van der Waals surface area contributed by atoms with Gasteiger partial charge in [0.1, 0.15) is 17.1 Å². The molecular weight excluding hydrogens is 225 g/mol. The number of aliphatic hydroxyl groups is 1. The van der Waals surface area contributed by atoms with Crippen LogP contribution in [0, 0.1) is 0 Å². The summed E-state index contributed by atoms with van der Waals surface area (Å²) in [7, 11) is 0. The molecule has 0 aliphatic heterocycles. The summed E-state index contributed by atoms with van der Waals surface area (Å²) >= 11 is 0. The molecule has 1 fully saturated rings. The maximum absolute atomic E-state index is 12.5. The monoisotopic (exact) mass is 234 g/mol. The Morgan fingerprint density at radius 2 is 1.69 bits per heavy atom. The highest BCUT2D eigenvalue weighted by Gasteiger charge is 2.47. The Morgan fingerprint density at radius 3 is 2.12 bits per heavy atom. The van der Waals surface area contributed by atoms with Crippen LogP contribution in [0.4, 0.5) is 13.2 Å². The summed E-state index contributed by atoms with van der Waals surface area (Å²) in [6.07, 6.45) is -4.20. The fourth-order valence-electron chi connectivity index (χ4n) is 1.58. The molecule has 1 aliphatic rings. The molecule has 3 nitrogen and oxygen atoms in total. The van der Waals surface area contributed by atoms with E-state index in [9.17, 15) is 23.4 Å². The zero-order chi connectivity index (χ0) is 12.1. The lowest BCUT2D eigenvalue weighted by Crippen LogP contribution is -2.11. The van der Waals surface area contributed by atoms with Gasteiger partial charge < -0.3 is 15.3 Å². The van der Waals surface area contributed by atoms with Crippen LogP contribution in [-0.4, -0.2) is 15.3 Å². The van der Waals surface area contributed by atoms with Crippen molar-refractivity contribution in [3.05, 3.63) is 23.3 Å². The molecule has 0 saturated heterocycles. The Kier molecular flexibility index (Phi) is 2.10. The first-order valence-corrected chi connectivity index (χ1v) is 4.60. The van der Waals surface area contributed by atoms with Gasteiger partial charge in [0.2, 0.25) is 0 Å². The topological polar surface area (TPSA) is 60.7 Å². The molecule has 0 spiro atoms. The third-order valence-electron chi connectivity index (χ3n) is 2.63. The molecule has 1 aliphatic carbocycles. The summed E-state index contributed by atoms with van der Waals surface area (Å²) in [4.78, 5) is 0. The molecule has 3 N–H and O–H groups in total. The molecular formula is C10H9F3O3. The molecule has 1 aromatic rings. The zero-order valence-electron chi connectivity index (χ0n) is 8.04. The molecule has 6 heteroatoms. The lowest BCUT2D eigenvalue weighted by molar-refractivity contribution is -0.139. The Hall–Kier alpha value is -1.43. The van der Waals surface area contributed by atoms with Gasteiger partial charge in [-0.25, -0.2) is 0 Å². The normalized spacial score (nSPS) is 18.5. The van der Waals surface area contributed by atoms with Crippen LogP contribution in [0.25, 0.3) is 0 Å². The smallest absolute Gasteiger partial charge is 0.420 e. The summed E-state index contributed by atoms with van der Waals surface area (Å²) in [6.45, 7) is 0. The van der Waals surface area contributed by atoms with E-state index in [0.29, 0.717) is 6.07 Å².